The number of aryl methyl sites for hydroxylation is 1. The molecule has 26 heavy (non-hydrogen) atoms. The molecule has 1 amide bonds. The molecular weight excluding hydrogens is 334 g/mol. The van der Waals surface area contributed by atoms with Crippen LogP contribution in [0, 0.1) is 6.92 Å². The summed E-state index contributed by atoms with van der Waals surface area (Å²) in [5, 5.41) is 12.2. The molecule has 0 aromatic heterocycles. The van der Waals surface area contributed by atoms with Crippen LogP contribution in [0.2, 0.25) is 0 Å². The van der Waals surface area contributed by atoms with E-state index in [9.17, 15) is 14.7 Å². The average Bonchev–Trinajstić information content (AvgIpc) is 3.07. The maximum atomic E-state index is 12.5. The number of fused-ring (bicyclic) bond motifs is 1. The van der Waals surface area contributed by atoms with Crippen molar-refractivity contribution in [1.29, 1.82) is 0 Å². The molecule has 1 heterocycles. The molecule has 0 radical (unpaired) electrons. The lowest BCUT2D eigenvalue weighted by molar-refractivity contribution is -0.142. The standard InChI is InChI=1S/C20H21NO5/c1-12-3-5-16(25-2)15(9-12)11-18(22)21-19(20(23)24)14-4-6-17-13(10-14)7-8-26-17/h3-6,9-10,19H,7-8,11H2,1-2H3,(H,21,22)(H,23,24). The molecule has 6 heteroatoms. The van der Waals surface area contributed by atoms with Gasteiger partial charge in [0.05, 0.1) is 20.1 Å². The maximum absolute atomic E-state index is 12.5. The van der Waals surface area contributed by atoms with Gasteiger partial charge in [0, 0.05) is 12.0 Å². The minimum Gasteiger partial charge on any atom is -0.496 e. The fourth-order valence-electron chi connectivity index (χ4n) is 3.10. The highest BCUT2D eigenvalue weighted by Gasteiger charge is 2.24. The molecule has 1 unspecified atom stereocenters. The third-order valence-electron chi connectivity index (χ3n) is 4.39. The van der Waals surface area contributed by atoms with E-state index in [0.29, 0.717) is 17.9 Å². The van der Waals surface area contributed by atoms with E-state index in [4.69, 9.17) is 9.47 Å². The number of carboxylic acids is 1. The molecule has 0 saturated heterocycles. The van der Waals surface area contributed by atoms with Crippen LogP contribution in [0.5, 0.6) is 11.5 Å². The predicted octanol–water partition coefficient (Wildman–Crippen LogP) is 2.42. The van der Waals surface area contributed by atoms with Gasteiger partial charge in [-0.05, 0) is 36.2 Å². The zero-order valence-corrected chi connectivity index (χ0v) is 14.7. The monoisotopic (exact) mass is 355 g/mol. The summed E-state index contributed by atoms with van der Waals surface area (Å²) in [6, 6.07) is 9.67. The number of methoxy groups -OCH3 is 1. The Balaban J connectivity index is 1.77. The first kappa shape index (κ1) is 17.8. The second kappa shape index (κ2) is 7.47. The second-order valence-electron chi connectivity index (χ2n) is 6.30. The van der Waals surface area contributed by atoms with E-state index in [1.807, 2.05) is 19.1 Å². The van der Waals surface area contributed by atoms with Crippen LogP contribution in [-0.2, 0) is 22.4 Å². The zero-order chi connectivity index (χ0) is 18.7. The Morgan fingerprint density at radius 3 is 2.81 bits per heavy atom. The summed E-state index contributed by atoms with van der Waals surface area (Å²) in [7, 11) is 1.54. The molecule has 0 bridgehead atoms. The molecule has 2 N–H and O–H groups in total. The normalized spacial score (nSPS) is 13.5. The maximum Gasteiger partial charge on any atom is 0.330 e. The summed E-state index contributed by atoms with van der Waals surface area (Å²) >= 11 is 0. The third-order valence-corrected chi connectivity index (χ3v) is 4.39. The zero-order valence-electron chi connectivity index (χ0n) is 14.7. The lowest BCUT2D eigenvalue weighted by Crippen LogP contribution is -2.34. The van der Waals surface area contributed by atoms with Crippen LogP contribution < -0.4 is 14.8 Å². The van der Waals surface area contributed by atoms with Crippen LogP contribution in [0.25, 0.3) is 0 Å². The number of carbonyl (C=O) groups excluding carboxylic acids is 1. The Morgan fingerprint density at radius 1 is 1.27 bits per heavy atom. The van der Waals surface area contributed by atoms with E-state index in [-0.39, 0.29) is 12.3 Å². The molecule has 2 aromatic rings. The van der Waals surface area contributed by atoms with Crippen LogP contribution in [0.4, 0.5) is 0 Å². The first-order valence-corrected chi connectivity index (χ1v) is 8.39. The van der Waals surface area contributed by atoms with Crippen LogP contribution in [0.1, 0.15) is 28.3 Å². The number of carbonyl (C=O) groups is 2. The molecule has 1 aliphatic rings. The van der Waals surface area contributed by atoms with Crippen LogP contribution in [0.15, 0.2) is 36.4 Å². The molecule has 0 spiro atoms. The molecule has 1 aliphatic heterocycles. The number of hydrogen-bond donors (Lipinski definition) is 2. The topological polar surface area (TPSA) is 84.9 Å². The highest BCUT2D eigenvalue weighted by molar-refractivity contribution is 5.86. The molecule has 0 fully saturated rings. The number of hydrogen-bond acceptors (Lipinski definition) is 4. The van der Waals surface area contributed by atoms with Gasteiger partial charge in [-0.1, -0.05) is 23.8 Å². The van der Waals surface area contributed by atoms with Crippen LogP contribution >= 0.6 is 0 Å². The summed E-state index contributed by atoms with van der Waals surface area (Å²) in [6.45, 7) is 2.52. The number of nitrogens with one attached hydrogen (secondary N) is 1. The fraction of sp³-hybridized carbons (Fsp3) is 0.300. The number of amides is 1. The Kier molecular flexibility index (Phi) is 5.11. The van der Waals surface area contributed by atoms with Crippen molar-refractivity contribution >= 4 is 11.9 Å². The highest BCUT2D eigenvalue weighted by atomic mass is 16.5. The largest absolute Gasteiger partial charge is 0.496 e. The van der Waals surface area contributed by atoms with Crippen molar-refractivity contribution in [1.82, 2.24) is 5.32 Å². The summed E-state index contributed by atoms with van der Waals surface area (Å²) < 4.78 is 10.7. The first-order valence-electron chi connectivity index (χ1n) is 8.39. The predicted molar refractivity (Wildman–Crippen MR) is 95.6 cm³/mol. The summed E-state index contributed by atoms with van der Waals surface area (Å²) in [5.74, 6) is -0.104. The van der Waals surface area contributed by atoms with Crippen molar-refractivity contribution in [2.45, 2.75) is 25.8 Å². The van der Waals surface area contributed by atoms with Gasteiger partial charge in [0.2, 0.25) is 5.91 Å². The van der Waals surface area contributed by atoms with Crippen molar-refractivity contribution in [2.24, 2.45) is 0 Å². The highest BCUT2D eigenvalue weighted by Crippen LogP contribution is 2.28. The van der Waals surface area contributed by atoms with E-state index in [1.165, 1.54) is 0 Å². The third kappa shape index (κ3) is 3.79. The molecule has 3 rings (SSSR count). The molecule has 0 aliphatic carbocycles. The average molecular weight is 355 g/mol. The van der Waals surface area contributed by atoms with E-state index < -0.39 is 12.0 Å². The van der Waals surface area contributed by atoms with Gasteiger partial charge < -0.3 is 19.9 Å². The van der Waals surface area contributed by atoms with Gasteiger partial charge in [0.1, 0.15) is 11.5 Å². The Labute approximate surface area is 151 Å². The molecule has 0 saturated carbocycles. The molecular formula is C20H21NO5. The van der Waals surface area contributed by atoms with Gasteiger partial charge in [0.25, 0.3) is 0 Å². The molecule has 1 atom stereocenters. The lowest BCUT2D eigenvalue weighted by atomic mass is 10.0. The van der Waals surface area contributed by atoms with Crippen LogP contribution in [-0.4, -0.2) is 30.7 Å². The Bertz CT molecular complexity index is 846. The second-order valence-corrected chi connectivity index (χ2v) is 6.30. The smallest absolute Gasteiger partial charge is 0.330 e. The molecule has 136 valence electrons. The SMILES string of the molecule is COc1ccc(C)cc1CC(=O)NC(C(=O)O)c1ccc2c(c1)CCO2. The lowest BCUT2D eigenvalue weighted by Gasteiger charge is -2.16. The van der Waals surface area contributed by atoms with Crippen molar-refractivity contribution in [2.75, 3.05) is 13.7 Å². The van der Waals surface area contributed by atoms with E-state index in [0.717, 1.165) is 28.9 Å². The first-order chi connectivity index (χ1) is 12.5. The minimum absolute atomic E-state index is 0.0443. The summed E-state index contributed by atoms with van der Waals surface area (Å²) in [5.41, 5.74) is 3.22. The van der Waals surface area contributed by atoms with E-state index >= 15 is 0 Å². The Hall–Kier alpha value is -3.02. The van der Waals surface area contributed by atoms with Gasteiger partial charge in [-0.25, -0.2) is 4.79 Å². The number of aliphatic carboxylic acids is 1. The number of carboxylic acid groups (broad SMARTS) is 1. The van der Waals surface area contributed by atoms with E-state index in [1.54, 1.807) is 31.4 Å². The minimum atomic E-state index is -1.11. The van der Waals surface area contributed by atoms with E-state index in [2.05, 4.69) is 5.32 Å². The molecule has 6 nitrogen and oxygen atoms in total. The van der Waals surface area contributed by atoms with Gasteiger partial charge in [-0.2, -0.15) is 0 Å². The number of rotatable bonds is 6. The van der Waals surface area contributed by atoms with Gasteiger partial charge >= 0.3 is 5.97 Å². The van der Waals surface area contributed by atoms with Crippen molar-refractivity contribution < 1.29 is 24.2 Å². The van der Waals surface area contributed by atoms with Gasteiger partial charge in [-0.3, -0.25) is 4.79 Å². The quantitative estimate of drug-likeness (QED) is 0.831. The Morgan fingerprint density at radius 2 is 2.08 bits per heavy atom. The fourth-order valence-corrected chi connectivity index (χ4v) is 3.10. The van der Waals surface area contributed by atoms with Gasteiger partial charge in [0.15, 0.2) is 6.04 Å². The van der Waals surface area contributed by atoms with Crippen molar-refractivity contribution in [3.8, 4) is 11.5 Å². The van der Waals surface area contributed by atoms with Crippen molar-refractivity contribution in [3.63, 3.8) is 0 Å². The number of ether oxygens (including phenoxy) is 2. The summed E-state index contributed by atoms with van der Waals surface area (Å²) in [4.78, 5) is 24.2. The summed E-state index contributed by atoms with van der Waals surface area (Å²) in [6.07, 6.45) is 0.784. The molecule has 2 aromatic carbocycles. The number of benzene rings is 2. The van der Waals surface area contributed by atoms with Crippen LogP contribution in [0.3, 0.4) is 0 Å². The van der Waals surface area contributed by atoms with Gasteiger partial charge in [-0.15, -0.1) is 0 Å². The van der Waals surface area contributed by atoms with Crippen molar-refractivity contribution in [3.05, 3.63) is 58.7 Å².